The number of hydrogen-bond donors (Lipinski definition) is 0. The van der Waals surface area contributed by atoms with Gasteiger partial charge < -0.3 is 5.11 Å². The van der Waals surface area contributed by atoms with E-state index in [1.807, 2.05) is 0 Å². The summed E-state index contributed by atoms with van der Waals surface area (Å²) in [6, 6.07) is 2.26. The molecule has 130 valence electrons. The largest absolute Gasteiger partial charge is 1.00 e. The van der Waals surface area contributed by atoms with Crippen molar-refractivity contribution < 1.29 is 68.1 Å². The summed E-state index contributed by atoms with van der Waals surface area (Å²) in [6.07, 6.45) is 10.7. The molecule has 4 saturated carbocycles. The maximum atomic E-state index is 12.4. The second-order valence-corrected chi connectivity index (χ2v) is 9.06. The third-order valence-electron chi connectivity index (χ3n) is 8.54. The summed E-state index contributed by atoms with van der Waals surface area (Å²) in [4.78, 5) is 11.9. The van der Waals surface area contributed by atoms with Gasteiger partial charge in [0.05, 0.1) is 6.07 Å². The minimum absolute atomic E-state index is 0. The van der Waals surface area contributed by atoms with Crippen molar-refractivity contribution in [2.45, 2.75) is 64.7 Å². The van der Waals surface area contributed by atoms with Crippen molar-refractivity contribution in [3.63, 3.8) is 0 Å². The van der Waals surface area contributed by atoms with Gasteiger partial charge in [0, 0.05) is 18.9 Å². The molecule has 3 nitrogen and oxygen atoms in total. The summed E-state index contributed by atoms with van der Waals surface area (Å²) >= 11 is 0. The molecular weight excluding hydrogens is 384 g/mol. The normalized spacial score (nSPS) is 47.2. The van der Waals surface area contributed by atoms with E-state index in [4.69, 9.17) is 5.26 Å². The first kappa shape index (κ1) is 20.4. The van der Waals surface area contributed by atoms with Gasteiger partial charge >= 0.3 is 58.2 Å². The third kappa shape index (κ3) is 3.03. The van der Waals surface area contributed by atoms with E-state index >= 15 is 0 Å². The number of fused-ring (bicyclic) bond motifs is 5. The number of rotatable bonds is 1. The van der Waals surface area contributed by atoms with Crippen molar-refractivity contribution in [3.05, 3.63) is 11.6 Å². The topological polar surface area (TPSA) is 63.9 Å². The summed E-state index contributed by atoms with van der Waals surface area (Å²) in [6.45, 7) is 2.38. The molecule has 0 N–H and O–H groups in total. The molecule has 0 aliphatic heterocycles. The summed E-state index contributed by atoms with van der Waals surface area (Å²) < 4.78 is 0. The average molecular weight is 412 g/mol. The zero-order chi connectivity index (χ0) is 16.9. The molecule has 0 radical (unpaired) electrons. The van der Waals surface area contributed by atoms with Crippen LogP contribution in [0.5, 0.6) is 0 Å². The molecule has 0 bridgehead atoms. The fraction of sp³-hybridized carbons (Fsp3) is 0.810. The van der Waals surface area contributed by atoms with Crippen LogP contribution in [0.25, 0.3) is 0 Å². The first-order chi connectivity index (χ1) is 11.5. The van der Waals surface area contributed by atoms with E-state index in [1.165, 1.54) is 18.4 Å². The molecular formula is C21H28NO2Rb. The van der Waals surface area contributed by atoms with Crippen LogP contribution in [-0.4, -0.2) is 12.4 Å². The predicted octanol–water partition coefficient (Wildman–Crippen LogP) is 0.393. The van der Waals surface area contributed by atoms with Crippen molar-refractivity contribution in [1.29, 1.82) is 5.26 Å². The maximum absolute atomic E-state index is 12.4. The second kappa shape index (κ2) is 7.59. The van der Waals surface area contributed by atoms with Gasteiger partial charge in [-0.15, -0.1) is 6.61 Å². The molecule has 4 aliphatic carbocycles. The fourth-order valence-electron chi connectivity index (χ4n) is 7.29. The Labute approximate surface area is 200 Å². The maximum Gasteiger partial charge on any atom is 1.00 e. The molecule has 0 amide bonds. The van der Waals surface area contributed by atoms with Crippen LogP contribution in [0.2, 0.25) is 0 Å². The fourth-order valence-corrected chi connectivity index (χ4v) is 7.29. The molecule has 4 rings (SSSR count). The zero-order valence-corrected chi connectivity index (χ0v) is 20.6. The third-order valence-corrected chi connectivity index (χ3v) is 8.54. The molecule has 4 aliphatic rings. The second-order valence-electron chi connectivity index (χ2n) is 9.06. The van der Waals surface area contributed by atoms with E-state index in [-0.39, 0.29) is 75.6 Å². The first-order valence-electron chi connectivity index (χ1n) is 9.74. The molecule has 6 atom stereocenters. The molecule has 4 fully saturated rings. The monoisotopic (exact) mass is 411 g/mol. The number of Topliss-reactive ketones (excluding diaryl/α,β-unsaturated/α-hetero) is 1. The predicted molar refractivity (Wildman–Crippen MR) is 89.6 cm³/mol. The van der Waals surface area contributed by atoms with Crippen LogP contribution in [0, 0.1) is 45.8 Å². The number of allylic oxidation sites excluding steroid dienone is 2. The van der Waals surface area contributed by atoms with E-state index in [9.17, 15) is 9.90 Å². The molecule has 0 unspecified atom stereocenters. The number of carbonyl (C=O) groups excluding carboxylic acids is 1. The molecule has 0 aromatic carbocycles. The first-order valence-corrected chi connectivity index (χ1v) is 9.74. The summed E-state index contributed by atoms with van der Waals surface area (Å²) in [5.41, 5.74) is 1.42. The average Bonchev–Trinajstić information content (AvgIpc) is 2.91. The van der Waals surface area contributed by atoms with Crippen molar-refractivity contribution in [1.82, 2.24) is 0 Å². The standard InChI is InChI=1S/C21H28NO2.Rb/c1-20-9-7-19-17(18(20)5-3-14(20)8-11-22)4-2-15-12-16(24)6-10-21(15,19)13-23;/h8,15,17-19H,2-7,9-10,12-13H2,1H3;/q-1;+1/b14-8-;/t15-,17-,18-,19-,20+,21+;/m0./s1. The van der Waals surface area contributed by atoms with Crippen LogP contribution in [-0.2, 0) is 4.79 Å². The van der Waals surface area contributed by atoms with Crippen LogP contribution in [0.15, 0.2) is 11.6 Å². The number of ketones is 1. The van der Waals surface area contributed by atoms with Crippen LogP contribution >= 0.6 is 0 Å². The van der Waals surface area contributed by atoms with Gasteiger partial charge in [0.25, 0.3) is 0 Å². The van der Waals surface area contributed by atoms with Crippen LogP contribution in [0.1, 0.15) is 64.7 Å². The SMILES string of the molecule is C[C@]12CC[C@H]3[C@@H](CC[C@H]4CC(=O)CC[C@@]43C[O-])[C@@H]1CC/C2=C/C#N.[Rb+]. The Morgan fingerprint density at radius 1 is 1.20 bits per heavy atom. The number of carbonyl (C=O) groups is 1. The van der Waals surface area contributed by atoms with Crippen LogP contribution < -0.4 is 63.3 Å². The van der Waals surface area contributed by atoms with Gasteiger partial charge in [0.15, 0.2) is 0 Å². The van der Waals surface area contributed by atoms with Gasteiger partial charge in [0.2, 0.25) is 0 Å². The van der Waals surface area contributed by atoms with Gasteiger partial charge in [-0.3, -0.25) is 4.79 Å². The molecule has 25 heavy (non-hydrogen) atoms. The Hall–Kier alpha value is 0.665. The van der Waals surface area contributed by atoms with Gasteiger partial charge in [0.1, 0.15) is 5.78 Å². The van der Waals surface area contributed by atoms with Crippen molar-refractivity contribution in [3.8, 4) is 6.07 Å². The summed E-state index contributed by atoms with van der Waals surface area (Å²) in [7, 11) is 0. The smallest absolute Gasteiger partial charge is 0.854 e. The zero-order valence-electron chi connectivity index (χ0n) is 15.7. The molecule has 0 aromatic rings. The molecule has 0 spiro atoms. The van der Waals surface area contributed by atoms with E-state index in [2.05, 4.69) is 13.0 Å². The van der Waals surface area contributed by atoms with Gasteiger partial charge in [-0.2, -0.15) is 5.26 Å². The Balaban J connectivity index is 0.00000182. The molecule has 0 saturated heterocycles. The Morgan fingerprint density at radius 2 is 2.00 bits per heavy atom. The minimum atomic E-state index is -0.111. The van der Waals surface area contributed by atoms with Crippen molar-refractivity contribution in [2.24, 2.45) is 34.5 Å². The van der Waals surface area contributed by atoms with E-state index in [1.54, 1.807) is 6.08 Å². The quantitative estimate of drug-likeness (QED) is 0.586. The Morgan fingerprint density at radius 3 is 2.72 bits per heavy atom. The minimum Gasteiger partial charge on any atom is -0.854 e. The number of nitriles is 1. The summed E-state index contributed by atoms with van der Waals surface area (Å²) in [5.74, 6) is 2.51. The molecule has 0 heterocycles. The molecule has 0 aromatic heterocycles. The molecule has 4 heteroatoms. The van der Waals surface area contributed by atoms with Crippen molar-refractivity contribution in [2.75, 3.05) is 6.61 Å². The van der Waals surface area contributed by atoms with Gasteiger partial charge in [-0.1, -0.05) is 12.5 Å². The Bertz CT molecular complexity index is 624. The Kier molecular flexibility index (Phi) is 6.19. The summed E-state index contributed by atoms with van der Waals surface area (Å²) in [5, 5.41) is 21.5. The van der Waals surface area contributed by atoms with Crippen molar-refractivity contribution >= 4 is 5.78 Å². The van der Waals surface area contributed by atoms with Crippen LogP contribution in [0.4, 0.5) is 0 Å². The number of nitrogens with zero attached hydrogens (tertiary/aromatic N) is 1. The van der Waals surface area contributed by atoms with Gasteiger partial charge in [-0.25, -0.2) is 0 Å². The van der Waals surface area contributed by atoms with Gasteiger partial charge in [-0.05, 0) is 79.4 Å². The number of hydrogen-bond acceptors (Lipinski definition) is 3. The van der Waals surface area contributed by atoms with Crippen LogP contribution in [0.3, 0.4) is 0 Å². The van der Waals surface area contributed by atoms with E-state index < -0.39 is 0 Å². The van der Waals surface area contributed by atoms with E-state index in [0.29, 0.717) is 42.3 Å². The van der Waals surface area contributed by atoms with E-state index in [0.717, 1.165) is 32.1 Å².